The predicted octanol–water partition coefficient (Wildman–Crippen LogP) is 2.48. The summed E-state index contributed by atoms with van der Waals surface area (Å²) < 4.78 is 2.08. The molecule has 0 aliphatic carbocycles. The van der Waals surface area contributed by atoms with Crippen molar-refractivity contribution in [3.63, 3.8) is 0 Å². The molecule has 0 atom stereocenters. The van der Waals surface area contributed by atoms with Crippen LogP contribution in [0.3, 0.4) is 0 Å². The second-order valence-corrected chi connectivity index (χ2v) is 4.83. The SMILES string of the molecule is CCc1cc(-c2nnc(C)n2CC)c(N)s1. The van der Waals surface area contributed by atoms with Crippen LogP contribution in [0.25, 0.3) is 11.4 Å². The molecule has 0 aliphatic rings. The Morgan fingerprint density at radius 3 is 2.69 bits per heavy atom. The maximum atomic E-state index is 6.02. The van der Waals surface area contributed by atoms with E-state index < -0.39 is 0 Å². The van der Waals surface area contributed by atoms with Gasteiger partial charge in [-0.25, -0.2) is 0 Å². The van der Waals surface area contributed by atoms with E-state index in [4.69, 9.17) is 5.73 Å². The van der Waals surface area contributed by atoms with Crippen molar-refractivity contribution in [1.82, 2.24) is 14.8 Å². The molecule has 86 valence electrons. The fraction of sp³-hybridized carbons (Fsp3) is 0.455. The normalized spacial score (nSPS) is 10.9. The number of anilines is 1. The zero-order valence-corrected chi connectivity index (χ0v) is 10.6. The molecule has 5 heteroatoms. The summed E-state index contributed by atoms with van der Waals surface area (Å²) in [7, 11) is 0. The summed E-state index contributed by atoms with van der Waals surface area (Å²) in [6, 6.07) is 2.12. The second-order valence-electron chi connectivity index (χ2n) is 3.66. The van der Waals surface area contributed by atoms with E-state index in [0.717, 1.165) is 35.2 Å². The third-order valence-corrected chi connectivity index (χ3v) is 3.76. The van der Waals surface area contributed by atoms with E-state index in [9.17, 15) is 0 Å². The van der Waals surface area contributed by atoms with Gasteiger partial charge in [0.1, 0.15) is 5.82 Å². The largest absolute Gasteiger partial charge is 0.390 e. The number of aryl methyl sites for hydroxylation is 2. The van der Waals surface area contributed by atoms with E-state index in [-0.39, 0.29) is 0 Å². The van der Waals surface area contributed by atoms with Crippen LogP contribution in [0.15, 0.2) is 6.07 Å². The van der Waals surface area contributed by atoms with Gasteiger partial charge in [0.05, 0.1) is 10.6 Å². The molecule has 0 saturated heterocycles. The number of hydrogen-bond acceptors (Lipinski definition) is 4. The lowest BCUT2D eigenvalue weighted by Crippen LogP contribution is -2.00. The van der Waals surface area contributed by atoms with Crippen molar-refractivity contribution < 1.29 is 0 Å². The lowest BCUT2D eigenvalue weighted by Gasteiger charge is -2.03. The molecular formula is C11H16N4S. The van der Waals surface area contributed by atoms with Crippen LogP contribution < -0.4 is 5.73 Å². The Balaban J connectivity index is 2.53. The fourth-order valence-electron chi connectivity index (χ4n) is 1.77. The number of nitrogen functional groups attached to an aromatic ring is 1. The van der Waals surface area contributed by atoms with Crippen molar-refractivity contribution in [1.29, 1.82) is 0 Å². The van der Waals surface area contributed by atoms with E-state index in [0.29, 0.717) is 0 Å². The van der Waals surface area contributed by atoms with Crippen molar-refractivity contribution in [2.24, 2.45) is 0 Å². The van der Waals surface area contributed by atoms with Gasteiger partial charge in [-0.05, 0) is 26.3 Å². The van der Waals surface area contributed by atoms with Crippen molar-refractivity contribution in [2.75, 3.05) is 5.73 Å². The minimum absolute atomic E-state index is 0.832. The summed E-state index contributed by atoms with van der Waals surface area (Å²) in [6.07, 6.45) is 1.01. The molecule has 2 heterocycles. The minimum atomic E-state index is 0.832. The van der Waals surface area contributed by atoms with E-state index in [1.807, 2.05) is 6.92 Å². The molecule has 2 rings (SSSR count). The molecule has 4 nitrogen and oxygen atoms in total. The average molecular weight is 236 g/mol. The monoisotopic (exact) mass is 236 g/mol. The molecule has 0 unspecified atom stereocenters. The molecule has 0 fully saturated rings. The van der Waals surface area contributed by atoms with Crippen LogP contribution in [-0.2, 0) is 13.0 Å². The van der Waals surface area contributed by atoms with Gasteiger partial charge in [0, 0.05) is 11.4 Å². The van der Waals surface area contributed by atoms with Crippen LogP contribution in [-0.4, -0.2) is 14.8 Å². The molecule has 16 heavy (non-hydrogen) atoms. The molecular weight excluding hydrogens is 220 g/mol. The number of nitrogens with zero attached hydrogens (tertiary/aromatic N) is 3. The zero-order chi connectivity index (χ0) is 11.7. The Labute approximate surface area is 99.1 Å². The Bertz CT molecular complexity index is 498. The van der Waals surface area contributed by atoms with Gasteiger partial charge >= 0.3 is 0 Å². The number of hydrogen-bond donors (Lipinski definition) is 1. The van der Waals surface area contributed by atoms with Crippen LogP contribution in [0.1, 0.15) is 24.5 Å². The van der Waals surface area contributed by atoms with Gasteiger partial charge in [0.2, 0.25) is 0 Å². The molecule has 0 radical (unpaired) electrons. The van der Waals surface area contributed by atoms with Gasteiger partial charge < -0.3 is 10.3 Å². The molecule has 2 aromatic heterocycles. The number of nitrogens with two attached hydrogens (primary N) is 1. The maximum Gasteiger partial charge on any atom is 0.166 e. The van der Waals surface area contributed by atoms with Crippen molar-refractivity contribution in [3.8, 4) is 11.4 Å². The fourth-order valence-corrected chi connectivity index (χ4v) is 2.63. The lowest BCUT2D eigenvalue weighted by molar-refractivity contribution is 0.737. The lowest BCUT2D eigenvalue weighted by atomic mass is 10.2. The average Bonchev–Trinajstić information content (AvgIpc) is 2.81. The molecule has 0 spiro atoms. The summed E-state index contributed by atoms with van der Waals surface area (Å²) in [5.74, 6) is 1.81. The van der Waals surface area contributed by atoms with Gasteiger partial charge in [-0.1, -0.05) is 6.92 Å². The van der Waals surface area contributed by atoms with E-state index >= 15 is 0 Å². The summed E-state index contributed by atoms with van der Waals surface area (Å²) in [6.45, 7) is 7.04. The van der Waals surface area contributed by atoms with Crippen molar-refractivity contribution in [3.05, 3.63) is 16.8 Å². The Morgan fingerprint density at radius 1 is 1.38 bits per heavy atom. The molecule has 0 bridgehead atoms. The van der Waals surface area contributed by atoms with Crippen LogP contribution in [0, 0.1) is 6.92 Å². The van der Waals surface area contributed by atoms with Gasteiger partial charge in [-0.3, -0.25) is 0 Å². The first-order chi connectivity index (χ1) is 7.67. The van der Waals surface area contributed by atoms with Crippen LogP contribution in [0.5, 0.6) is 0 Å². The van der Waals surface area contributed by atoms with E-state index in [2.05, 4.69) is 34.7 Å². The highest BCUT2D eigenvalue weighted by atomic mass is 32.1. The Kier molecular flexibility index (Phi) is 2.96. The van der Waals surface area contributed by atoms with Crippen molar-refractivity contribution >= 4 is 16.3 Å². The molecule has 0 saturated carbocycles. The van der Waals surface area contributed by atoms with Gasteiger partial charge in [0.15, 0.2) is 5.82 Å². The molecule has 0 aromatic carbocycles. The van der Waals surface area contributed by atoms with Gasteiger partial charge in [-0.2, -0.15) is 0 Å². The predicted molar refractivity (Wildman–Crippen MR) is 67.5 cm³/mol. The topological polar surface area (TPSA) is 56.7 Å². The minimum Gasteiger partial charge on any atom is -0.390 e. The molecule has 2 N–H and O–H groups in total. The maximum absolute atomic E-state index is 6.02. The van der Waals surface area contributed by atoms with Gasteiger partial charge in [0.25, 0.3) is 0 Å². The highest BCUT2D eigenvalue weighted by Gasteiger charge is 2.15. The third kappa shape index (κ3) is 1.71. The summed E-state index contributed by atoms with van der Waals surface area (Å²) >= 11 is 1.63. The first kappa shape index (κ1) is 11.1. The molecule has 0 aliphatic heterocycles. The summed E-state index contributed by atoms with van der Waals surface area (Å²) in [4.78, 5) is 1.29. The Hall–Kier alpha value is -1.36. The molecule has 0 amide bonds. The number of aromatic nitrogens is 3. The highest BCUT2D eigenvalue weighted by molar-refractivity contribution is 7.16. The van der Waals surface area contributed by atoms with Crippen LogP contribution >= 0.6 is 11.3 Å². The smallest absolute Gasteiger partial charge is 0.166 e. The summed E-state index contributed by atoms with van der Waals surface area (Å²) in [5, 5.41) is 9.14. The molecule has 2 aromatic rings. The van der Waals surface area contributed by atoms with Crippen molar-refractivity contribution in [2.45, 2.75) is 33.7 Å². The summed E-state index contributed by atoms with van der Waals surface area (Å²) in [5.41, 5.74) is 7.04. The quantitative estimate of drug-likeness (QED) is 0.890. The second kappa shape index (κ2) is 4.25. The first-order valence-electron chi connectivity index (χ1n) is 5.45. The third-order valence-electron chi connectivity index (χ3n) is 2.65. The van der Waals surface area contributed by atoms with E-state index in [1.165, 1.54) is 4.88 Å². The zero-order valence-electron chi connectivity index (χ0n) is 9.82. The van der Waals surface area contributed by atoms with Gasteiger partial charge in [-0.15, -0.1) is 21.5 Å². The van der Waals surface area contributed by atoms with Crippen LogP contribution in [0.4, 0.5) is 5.00 Å². The first-order valence-corrected chi connectivity index (χ1v) is 6.27. The highest BCUT2D eigenvalue weighted by Crippen LogP contribution is 2.33. The van der Waals surface area contributed by atoms with E-state index in [1.54, 1.807) is 11.3 Å². The number of thiophene rings is 1. The standard InChI is InChI=1S/C11H16N4S/c1-4-8-6-9(10(12)16-8)11-14-13-7(3)15(11)5-2/h6H,4-5,12H2,1-3H3. The van der Waals surface area contributed by atoms with Crippen LogP contribution in [0.2, 0.25) is 0 Å². The number of rotatable bonds is 3. The Morgan fingerprint density at radius 2 is 2.12 bits per heavy atom.